The number of hydrogen-bond donors (Lipinski definition) is 1. The van der Waals surface area contributed by atoms with Crippen LogP contribution >= 0.6 is 11.6 Å². The lowest BCUT2D eigenvalue weighted by Gasteiger charge is -2.24. The number of rotatable bonds is 5. The topological polar surface area (TPSA) is 75.7 Å². The average molecular weight is 423 g/mol. The van der Waals surface area contributed by atoms with Gasteiger partial charge in [-0.2, -0.15) is 4.31 Å². The third-order valence-electron chi connectivity index (χ3n) is 5.01. The molecule has 3 rings (SSSR count). The molecule has 150 valence electrons. The van der Waals surface area contributed by atoms with Gasteiger partial charge in [0, 0.05) is 23.3 Å². The first-order valence-corrected chi connectivity index (χ1v) is 10.8. The molecule has 1 atom stereocenters. The summed E-state index contributed by atoms with van der Waals surface area (Å²) >= 11 is 6.11. The largest absolute Gasteiger partial charge is 0.497 e. The van der Waals surface area contributed by atoms with Crippen LogP contribution in [0.4, 0.5) is 5.69 Å². The lowest BCUT2D eigenvalue weighted by atomic mass is 10.1. The predicted molar refractivity (Wildman–Crippen MR) is 109 cm³/mol. The zero-order valence-electron chi connectivity index (χ0n) is 16.0. The zero-order chi connectivity index (χ0) is 20.5. The minimum absolute atomic E-state index is 0.158. The summed E-state index contributed by atoms with van der Waals surface area (Å²) in [5.41, 5.74) is 1.94. The normalized spacial score (nSPS) is 17.5. The SMILES string of the molecule is COc1ccc(C)c(S(=O)(=O)N2CCC[C@@H]2C(=O)Nc2cccc(Cl)c2C)c1. The molecule has 1 N–H and O–H groups in total. The second-order valence-electron chi connectivity index (χ2n) is 6.81. The van der Waals surface area contributed by atoms with Crippen molar-refractivity contribution in [2.45, 2.75) is 37.6 Å². The van der Waals surface area contributed by atoms with Crippen molar-refractivity contribution in [1.29, 1.82) is 0 Å². The highest BCUT2D eigenvalue weighted by molar-refractivity contribution is 7.89. The van der Waals surface area contributed by atoms with Crippen LogP contribution in [-0.4, -0.2) is 38.3 Å². The van der Waals surface area contributed by atoms with E-state index in [9.17, 15) is 13.2 Å². The fourth-order valence-corrected chi connectivity index (χ4v) is 5.43. The minimum atomic E-state index is -3.84. The van der Waals surface area contributed by atoms with Gasteiger partial charge in [0.15, 0.2) is 0 Å². The first-order valence-electron chi connectivity index (χ1n) is 8.98. The molecule has 0 radical (unpaired) electrons. The number of anilines is 1. The Balaban J connectivity index is 1.90. The third-order valence-corrected chi connectivity index (χ3v) is 7.47. The van der Waals surface area contributed by atoms with Gasteiger partial charge in [0.2, 0.25) is 15.9 Å². The highest BCUT2D eigenvalue weighted by Gasteiger charge is 2.40. The Morgan fingerprint density at radius 2 is 2.00 bits per heavy atom. The van der Waals surface area contributed by atoms with Crippen LogP contribution in [0.2, 0.25) is 5.02 Å². The fraction of sp³-hybridized carbons (Fsp3) is 0.350. The van der Waals surface area contributed by atoms with Crippen molar-refractivity contribution in [2.75, 3.05) is 19.0 Å². The van der Waals surface area contributed by atoms with Gasteiger partial charge in [0.1, 0.15) is 11.8 Å². The van der Waals surface area contributed by atoms with E-state index < -0.39 is 16.1 Å². The molecule has 0 unspecified atom stereocenters. The number of aryl methyl sites for hydroxylation is 1. The number of sulfonamides is 1. The fourth-order valence-electron chi connectivity index (χ4n) is 3.36. The van der Waals surface area contributed by atoms with Gasteiger partial charge >= 0.3 is 0 Å². The monoisotopic (exact) mass is 422 g/mol. The number of nitrogens with one attached hydrogen (secondary N) is 1. The number of benzene rings is 2. The van der Waals surface area contributed by atoms with E-state index in [1.807, 2.05) is 0 Å². The number of methoxy groups -OCH3 is 1. The summed E-state index contributed by atoms with van der Waals surface area (Å²) < 4.78 is 33.0. The number of ether oxygens (including phenoxy) is 1. The van der Waals surface area contributed by atoms with Crippen LogP contribution < -0.4 is 10.1 Å². The Morgan fingerprint density at radius 3 is 2.71 bits per heavy atom. The Bertz CT molecular complexity index is 1010. The van der Waals surface area contributed by atoms with Crippen LogP contribution in [0, 0.1) is 13.8 Å². The summed E-state index contributed by atoms with van der Waals surface area (Å²) in [7, 11) is -2.35. The maximum Gasteiger partial charge on any atom is 0.244 e. The molecular formula is C20H23ClN2O4S. The van der Waals surface area contributed by atoms with E-state index in [1.165, 1.54) is 17.5 Å². The summed E-state index contributed by atoms with van der Waals surface area (Å²) in [6.07, 6.45) is 1.09. The van der Waals surface area contributed by atoms with Crippen molar-refractivity contribution in [3.05, 3.63) is 52.5 Å². The summed E-state index contributed by atoms with van der Waals surface area (Å²) in [5.74, 6) is 0.103. The van der Waals surface area contributed by atoms with Crippen LogP contribution in [-0.2, 0) is 14.8 Å². The number of hydrogen-bond acceptors (Lipinski definition) is 4. The van der Waals surface area contributed by atoms with Crippen LogP contribution in [0.5, 0.6) is 5.75 Å². The van der Waals surface area contributed by atoms with Gasteiger partial charge in [0.05, 0.1) is 12.0 Å². The van der Waals surface area contributed by atoms with Crippen LogP contribution in [0.1, 0.15) is 24.0 Å². The van der Waals surface area contributed by atoms with Crippen LogP contribution in [0.3, 0.4) is 0 Å². The molecule has 2 aromatic carbocycles. The quantitative estimate of drug-likeness (QED) is 0.796. The van der Waals surface area contributed by atoms with Gasteiger partial charge in [0.25, 0.3) is 0 Å². The van der Waals surface area contributed by atoms with Gasteiger partial charge in [-0.25, -0.2) is 8.42 Å². The molecule has 0 spiro atoms. The number of amides is 1. The van der Waals surface area contributed by atoms with Crippen molar-refractivity contribution in [2.24, 2.45) is 0 Å². The molecule has 0 bridgehead atoms. The first-order chi connectivity index (χ1) is 13.3. The Labute approximate surface area is 170 Å². The average Bonchev–Trinajstić information content (AvgIpc) is 3.16. The maximum atomic E-state index is 13.3. The van der Waals surface area contributed by atoms with Crippen molar-refractivity contribution in [3.63, 3.8) is 0 Å². The van der Waals surface area contributed by atoms with E-state index >= 15 is 0 Å². The highest BCUT2D eigenvalue weighted by atomic mass is 35.5. The molecule has 0 aliphatic carbocycles. The lowest BCUT2D eigenvalue weighted by molar-refractivity contribution is -0.119. The predicted octanol–water partition coefficient (Wildman–Crippen LogP) is 3.76. The molecule has 0 saturated carbocycles. The molecule has 8 heteroatoms. The summed E-state index contributed by atoms with van der Waals surface area (Å²) in [6, 6.07) is 9.38. The molecule has 6 nitrogen and oxygen atoms in total. The van der Waals surface area contributed by atoms with Crippen LogP contribution in [0.25, 0.3) is 0 Å². The van der Waals surface area contributed by atoms with E-state index in [0.29, 0.717) is 41.4 Å². The third kappa shape index (κ3) is 3.87. The Hall–Kier alpha value is -2.09. The van der Waals surface area contributed by atoms with Gasteiger partial charge in [-0.15, -0.1) is 0 Å². The van der Waals surface area contributed by atoms with Gasteiger partial charge in [-0.05, 0) is 56.0 Å². The number of carbonyl (C=O) groups excluding carboxylic acids is 1. The first kappa shape index (κ1) is 20.6. The molecule has 28 heavy (non-hydrogen) atoms. The number of carbonyl (C=O) groups is 1. The smallest absolute Gasteiger partial charge is 0.244 e. The second-order valence-corrected chi connectivity index (χ2v) is 9.07. The minimum Gasteiger partial charge on any atom is -0.497 e. The van der Waals surface area contributed by atoms with E-state index in [-0.39, 0.29) is 10.8 Å². The summed E-state index contributed by atoms with van der Waals surface area (Å²) in [6.45, 7) is 3.83. The second kappa shape index (κ2) is 8.11. The van der Waals surface area contributed by atoms with Crippen LogP contribution in [0.15, 0.2) is 41.3 Å². The van der Waals surface area contributed by atoms with Gasteiger partial charge < -0.3 is 10.1 Å². The van der Waals surface area contributed by atoms with Crippen molar-refractivity contribution < 1.29 is 17.9 Å². The molecule has 1 amide bonds. The molecule has 0 aromatic heterocycles. The zero-order valence-corrected chi connectivity index (χ0v) is 17.6. The van der Waals surface area contributed by atoms with Crippen molar-refractivity contribution >= 4 is 33.2 Å². The molecule has 1 aliphatic rings. The molecule has 1 saturated heterocycles. The molecule has 2 aromatic rings. The summed E-state index contributed by atoms with van der Waals surface area (Å²) in [5, 5.41) is 3.37. The maximum absolute atomic E-state index is 13.3. The van der Waals surface area contributed by atoms with E-state index in [1.54, 1.807) is 44.2 Å². The molecule has 1 fully saturated rings. The molecule has 1 aliphatic heterocycles. The summed E-state index contributed by atoms with van der Waals surface area (Å²) in [4.78, 5) is 13.0. The van der Waals surface area contributed by atoms with E-state index in [4.69, 9.17) is 16.3 Å². The lowest BCUT2D eigenvalue weighted by Crippen LogP contribution is -2.43. The van der Waals surface area contributed by atoms with Gasteiger partial charge in [-0.3, -0.25) is 4.79 Å². The van der Waals surface area contributed by atoms with E-state index in [0.717, 1.165) is 5.56 Å². The van der Waals surface area contributed by atoms with Crippen molar-refractivity contribution in [1.82, 2.24) is 4.31 Å². The van der Waals surface area contributed by atoms with E-state index in [2.05, 4.69) is 5.32 Å². The Morgan fingerprint density at radius 1 is 1.25 bits per heavy atom. The number of halogens is 1. The highest BCUT2D eigenvalue weighted by Crippen LogP contribution is 2.31. The van der Waals surface area contributed by atoms with Crippen molar-refractivity contribution in [3.8, 4) is 5.75 Å². The standard InChI is InChI=1S/C20H23ClN2O4S/c1-13-9-10-15(27-3)12-19(13)28(25,26)23-11-5-8-18(23)20(24)22-17-7-4-6-16(21)14(17)2/h4,6-7,9-10,12,18H,5,8,11H2,1-3H3,(H,22,24)/t18-/m1/s1. The van der Waals surface area contributed by atoms with Gasteiger partial charge in [-0.1, -0.05) is 23.7 Å². The molecule has 1 heterocycles. The Kier molecular flexibility index (Phi) is 5.98. The molecular weight excluding hydrogens is 400 g/mol. The number of nitrogens with zero attached hydrogens (tertiary/aromatic N) is 1.